The van der Waals surface area contributed by atoms with Crippen molar-refractivity contribution in [2.75, 3.05) is 43.4 Å². The van der Waals surface area contributed by atoms with Crippen LogP contribution in [0.25, 0.3) is 0 Å². The van der Waals surface area contributed by atoms with Crippen LogP contribution in [0, 0.1) is 0 Å². The second kappa shape index (κ2) is 6.81. The minimum Gasteiger partial charge on any atom is -0.368 e. The van der Waals surface area contributed by atoms with E-state index in [0.29, 0.717) is 5.69 Å². The van der Waals surface area contributed by atoms with E-state index in [2.05, 4.69) is 30.4 Å². The first kappa shape index (κ1) is 18.1. The van der Waals surface area contributed by atoms with Crippen LogP contribution in [0.2, 0.25) is 0 Å². The molecule has 8 heteroatoms. The number of carbonyl (C=O) groups is 2. The number of anilines is 2. The molecule has 0 unspecified atom stereocenters. The SMILES string of the molecule is CNC(=O)c1ccc(N2CCN(Cc3cc4c(cn3)C3(CC3)C(=O)N4)CC2)cn1. The lowest BCUT2D eigenvalue weighted by atomic mass is 9.99. The first-order valence-electron chi connectivity index (χ1n) is 10.1. The van der Waals surface area contributed by atoms with Crippen LogP contribution in [-0.4, -0.2) is 59.9 Å². The lowest BCUT2D eigenvalue weighted by molar-refractivity contribution is -0.117. The van der Waals surface area contributed by atoms with Gasteiger partial charge in [0, 0.05) is 57.2 Å². The van der Waals surface area contributed by atoms with Crippen LogP contribution in [-0.2, 0) is 16.8 Å². The quantitative estimate of drug-likeness (QED) is 0.811. The van der Waals surface area contributed by atoms with Gasteiger partial charge in [0.15, 0.2) is 0 Å². The second-order valence-electron chi connectivity index (χ2n) is 8.00. The van der Waals surface area contributed by atoms with Gasteiger partial charge in [0.2, 0.25) is 5.91 Å². The zero-order chi connectivity index (χ0) is 20.0. The van der Waals surface area contributed by atoms with Crippen LogP contribution in [0.5, 0.6) is 0 Å². The fourth-order valence-electron chi connectivity index (χ4n) is 4.28. The highest BCUT2D eigenvalue weighted by Gasteiger charge is 2.56. The van der Waals surface area contributed by atoms with Gasteiger partial charge < -0.3 is 15.5 Å². The summed E-state index contributed by atoms with van der Waals surface area (Å²) in [5.74, 6) is -0.0388. The summed E-state index contributed by atoms with van der Waals surface area (Å²) < 4.78 is 0. The standard InChI is InChI=1S/C21H24N6O2/c1-22-19(28)17-3-2-15(11-24-17)27-8-6-26(7-9-27)13-14-10-18-16(12-23-14)21(4-5-21)20(29)25-18/h2-3,10-12H,4-9,13H2,1H3,(H,22,28)(H,25,29). The Kier molecular flexibility index (Phi) is 4.24. The van der Waals surface area contributed by atoms with E-state index >= 15 is 0 Å². The van der Waals surface area contributed by atoms with E-state index in [1.807, 2.05) is 18.3 Å². The summed E-state index contributed by atoms with van der Waals surface area (Å²) in [6, 6.07) is 5.75. The number of hydrogen-bond donors (Lipinski definition) is 2. The van der Waals surface area contributed by atoms with Gasteiger partial charge in [0.05, 0.1) is 23.0 Å². The summed E-state index contributed by atoms with van der Waals surface area (Å²) in [6.07, 6.45) is 5.53. The molecule has 8 nitrogen and oxygen atoms in total. The lowest BCUT2D eigenvalue weighted by Gasteiger charge is -2.35. The van der Waals surface area contributed by atoms with Crippen LogP contribution in [0.3, 0.4) is 0 Å². The molecular formula is C21H24N6O2. The molecule has 1 saturated heterocycles. The maximum atomic E-state index is 12.2. The molecule has 0 atom stereocenters. The maximum Gasteiger partial charge on any atom is 0.269 e. The lowest BCUT2D eigenvalue weighted by Crippen LogP contribution is -2.46. The Morgan fingerprint density at radius 1 is 1.17 bits per heavy atom. The molecule has 2 N–H and O–H groups in total. The molecule has 2 aromatic heterocycles. The molecule has 29 heavy (non-hydrogen) atoms. The Balaban J connectivity index is 1.19. The van der Waals surface area contributed by atoms with E-state index in [9.17, 15) is 9.59 Å². The predicted octanol–water partition coefficient (Wildman–Crippen LogP) is 1.14. The predicted molar refractivity (Wildman–Crippen MR) is 109 cm³/mol. The highest BCUT2D eigenvalue weighted by molar-refractivity contribution is 6.08. The molecule has 150 valence electrons. The molecule has 2 aliphatic heterocycles. The first-order chi connectivity index (χ1) is 14.1. The van der Waals surface area contributed by atoms with Crippen LogP contribution < -0.4 is 15.5 Å². The fraction of sp³-hybridized carbons (Fsp3) is 0.429. The monoisotopic (exact) mass is 392 g/mol. The van der Waals surface area contributed by atoms with Crippen molar-refractivity contribution >= 4 is 23.2 Å². The van der Waals surface area contributed by atoms with Gasteiger partial charge in [-0.05, 0) is 31.0 Å². The summed E-state index contributed by atoms with van der Waals surface area (Å²) in [6.45, 7) is 4.41. The van der Waals surface area contributed by atoms with Gasteiger partial charge in [-0.1, -0.05) is 0 Å². The molecular weight excluding hydrogens is 368 g/mol. The third-order valence-electron chi connectivity index (χ3n) is 6.24. The molecule has 1 spiro atoms. The van der Waals surface area contributed by atoms with Crippen molar-refractivity contribution in [3.63, 3.8) is 0 Å². The van der Waals surface area contributed by atoms with Gasteiger partial charge in [0.25, 0.3) is 5.91 Å². The molecule has 5 rings (SSSR count). The Morgan fingerprint density at radius 2 is 1.97 bits per heavy atom. The summed E-state index contributed by atoms with van der Waals surface area (Å²) in [5, 5.41) is 5.62. The van der Waals surface area contributed by atoms with E-state index in [-0.39, 0.29) is 17.2 Å². The third-order valence-corrected chi connectivity index (χ3v) is 6.24. The summed E-state index contributed by atoms with van der Waals surface area (Å²) in [7, 11) is 1.60. The molecule has 2 aromatic rings. The van der Waals surface area contributed by atoms with Crippen molar-refractivity contribution in [1.29, 1.82) is 0 Å². The summed E-state index contributed by atoms with van der Waals surface area (Å²) >= 11 is 0. The van der Waals surface area contributed by atoms with Gasteiger partial charge in [-0.25, -0.2) is 4.98 Å². The number of nitrogens with zero attached hydrogens (tertiary/aromatic N) is 4. The fourth-order valence-corrected chi connectivity index (χ4v) is 4.28. The Bertz CT molecular complexity index is 962. The average Bonchev–Trinajstić information content (AvgIpc) is 3.51. The highest BCUT2D eigenvalue weighted by atomic mass is 16.2. The first-order valence-corrected chi connectivity index (χ1v) is 10.1. The van der Waals surface area contributed by atoms with Gasteiger partial charge in [-0.2, -0.15) is 0 Å². The van der Waals surface area contributed by atoms with Crippen molar-refractivity contribution in [3.05, 3.63) is 47.5 Å². The molecule has 1 saturated carbocycles. The smallest absolute Gasteiger partial charge is 0.269 e. The van der Waals surface area contributed by atoms with Gasteiger partial charge >= 0.3 is 0 Å². The van der Waals surface area contributed by atoms with Gasteiger partial charge in [-0.3, -0.25) is 19.5 Å². The molecule has 3 aliphatic rings. The third kappa shape index (κ3) is 3.13. The van der Waals surface area contributed by atoms with Crippen LogP contribution >= 0.6 is 0 Å². The number of piperazine rings is 1. The van der Waals surface area contributed by atoms with Crippen molar-refractivity contribution in [2.45, 2.75) is 24.8 Å². The molecule has 2 fully saturated rings. The maximum absolute atomic E-state index is 12.2. The Morgan fingerprint density at radius 3 is 2.62 bits per heavy atom. The summed E-state index contributed by atoms with van der Waals surface area (Å²) in [5.41, 5.74) is 4.20. The molecule has 0 radical (unpaired) electrons. The van der Waals surface area contributed by atoms with E-state index in [0.717, 1.165) is 68.2 Å². The minimum atomic E-state index is -0.270. The van der Waals surface area contributed by atoms with Crippen LogP contribution in [0.4, 0.5) is 11.4 Å². The zero-order valence-corrected chi connectivity index (χ0v) is 16.4. The van der Waals surface area contributed by atoms with E-state index in [1.54, 1.807) is 19.3 Å². The number of rotatable bonds is 4. The number of fused-ring (bicyclic) bond motifs is 2. The van der Waals surface area contributed by atoms with Gasteiger partial charge in [0.1, 0.15) is 5.69 Å². The number of hydrogen-bond acceptors (Lipinski definition) is 6. The zero-order valence-electron chi connectivity index (χ0n) is 16.4. The molecule has 0 aromatic carbocycles. The largest absolute Gasteiger partial charge is 0.368 e. The number of pyridine rings is 2. The van der Waals surface area contributed by atoms with Crippen molar-refractivity contribution in [2.24, 2.45) is 0 Å². The number of aromatic nitrogens is 2. The average molecular weight is 392 g/mol. The van der Waals surface area contributed by atoms with Crippen LogP contribution in [0.15, 0.2) is 30.6 Å². The summed E-state index contributed by atoms with van der Waals surface area (Å²) in [4.78, 5) is 37.3. The second-order valence-corrected chi connectivity index (χ2v) is 8.00. The Hall–Kier alpha value is -3.00. The molecule has 4 heterocycles. The van der Waals surface area contributed by atoms with Gasteiger partial charge in [-0.15, -0.1) is 0 Å². The number of carbonyl (C=O) groups excluding carboxylic acids is 2. The van der Waals surface area contributed by atoms with Crippen molar-refractivity contribution in [1.82, 2.24) is 20.2 Å². The van der Waals surface area contributed by atoms with E-state index in [1.165, 1.54) is 0 Å². The van der Waals surface area contributed by atoms with Crippen molar-refractivity contribution < 1.29 is 9.59 Å². The van der Waals surface area contributed by atoms with E-state index in [4.69, 9.17) is 0 Å². The van der Waals surface area contributed by atoms with E-state index < -0.39 is 0 Å². The number of nitrogens with one attached hydrogen (secondary N) is 2. The van der Waals surface area contributed by atoms with Crippen molar-refractivity contribution in [3.8, 4) is 0 Å². The normalized spacial score (nSPS) is 19.8. The minimum absolute atomic E-state index is 0.135. The van der Waals surface area contributed by atoms with Crippen LogP contribution in [0.1, 0.15) is 34.6 Å². The molecule has 0 bridgehead atoms. The molecule has 1 aliphatic carbocycles. The molecule has 2 amide bonds. The highest BCUT2D eigenvalue weighted by Crippen LogP contribution is 2.54. The number of amides is 2. The topological polar surface area (TPSA) is 90.5 Å². The Labute approximate surface area is 169 Å².